The lowest BCUT2D eigenvalue weighted by Gasteiger charge is -2.21. The van der Waals surface area contributed by atoms with Crippen LogP contribution in [0.2, 0.25) is 0 Å². The number of ether oxygens (including phenoxy) is 1. The van der Waals surface area contributed by atoms with Gasteiger partial charge in [0.25, 0.3) is 11.5 Å². The average molecular weight is 413 g/mol. The summed E-state index contributed by atoms with van der Waals surface area (Å²) in [6, 6.07) is 15.1. The van der Waals surface area contributed by atoms with Crippen LogP contribution in [-0.4, -0.2) is 44.9 Å². The van der Waals surface area contributed by atoms with E-state index in [0.29, 0.717) is 17.9 Å². The van der Waals surface area contributed by atoms with Crippen LogP contribution in [0.25, 0.3) is 22.2 Å². The number of nitrogens with zero attached hydrogens (tertiary/aromatic N) is 4. The van der Waals surface area contributed by atoms with Gasteiger partial charge in [0.05, 0.1) is 30.5 Å². The second kappa shape index (κ2) is 8.08. The Morgan fingerprint density at radius 2 is 1.97 bits per heavy atom. The fraction of sp³-hybridized carbons (Fsp3) is 0.174. The van der Waals surface area contributed by atoms with Crippen molar-refractivity contribution in [1.29, 1.82) is 0 Å². The summed E-state index contributed by atoms with van der Waals surface area (Å²) in [5, 5.41) is 8.40. The molecule has 1 aliphatic heterocycles. The van der Waals surface area contributed by atoms with Gasteiger partial charge in [-0.1, -0.05) is 6.07 Å². The minimum atomic E-state index is -0.407. The Morgan fingerprint density at radius 1 is 1.06 bits per heavy atom. The van der Waals surface area contributed by atoms with Crippen LogP contribution < -0.4 is 10.9 Å². The first-order valence-electron chi connectivity index (χ1n) is 9.93. The summed E-state index contributed by atoms with van der Waals surface area (Å²) in [7, 11) is 0. The molecular formula is C23H19N5O3. The molecule has 1 N–H and O–H groups in total. The minimum absolute atomic E-state index is 0.234. The summed E-state index contributed by atoms with van der Waals surface area (Å²) in [5.74, 6) is -0.234. The number of aromatic nitrogens is 4. The topological polar surface area (TPSA) is 99.0 Å². The normalized spacial score (nSPS) is 18.2. The number of pyridine rings is 2. The molecule has 1 amide bonds. The highest BCUT2D eigenvalue weighted by Gasteiger charge is 2.33. The maximum Gasteiger partial charge on any atom is 0.267 e. The van der Waals surface area contributed by atoms with E-state index in [2.05, 4.69) is 20.4 Å². The number of carbonyl (C=O) groups is 1. The zero-order valence-electron chi connectivity index (χ0n) is 16.5. The molecule has 1 aliphatic rings. The molecule has 8 nitrogen and oxygen atoms in total. The van der Waals surface area contributed by atoms with Crippen molar-refractivity contribution in [3.05, 3.63) is 89.1 Å². The van der Waals surface area contributed by atoms with Crippen LogP contribution in [0.5, 0.6) is 0 Å². The molecule has 0 radical (unpaired) electrons. The first-order chi connectivity index (χ1) is 15.2. The summed E-state index contributed by atoms with van der Waals surface area (Å²) in [4.78, 5) is 33.8. The van der Waals surface area contributed by atoms with E-state index in [1.54, 1.807) is 36.8 Å². The molecular weight excluding hydrogens is 394 g/mol. The number of hydrogen-bond donors (Lipinski definition) is 1. The Balaban J connectivity index is 1.41. The second-order valence-corrected chi connectivity index (χ2v) is 7.34. The zero-order valence-corrected chi connectivity index (χ0v) is 16.5. The van der Waals surface area contributed by atoms with Crippen molar-refractivity contribution < 1.29 is 9.53 Å². The standard InChI is InChI=1S/C23H19N5O3/c29-22-8-7-19(17-4-1-9-24-12-17)27-28(22)21-14-31-13-20(21)26-23(30)16-5-6-18-15(11-16)3-2-10-25-18/h1-12,20-21H,13-14H2,(H,26,30). The third-order valence-electron chi connectivity index (χ3n) is 5.33. The van der Waals surface area contributed by atoms with E-state index >= 15 is 0 Å². The van der Waals surface area contributed by atoms with Crippen LogP contribution in [0, 0.1) is 0 Å². The van der Waals surface area contributed by atoms with E-state index in [-0.39, 0.29) is 24.1 Å². The van der Waals surface area contributed by atoms with Gasteiger partial charge in [0.1, 0.15) is 6.04 Å². The highest BCUT2D eigenvalue weighted by Crippen LogP contribution is 2.21. The van der Waals surface area contributed by atoms with Gasteiger partial charge >= 0.3 is 0 Å². The molecule has 5 rings (SSSR count). The first-order valence-corrected chi connectivity index (χ1v) is 9.93. The van der Waals surface area contributed by atoms with Crippen molar-refractivity contribution in [1.82, 2.24) is 25.1 Å². The van der Waals surface area contributed by atoms with Crippen molar-refractivity contribution in [2.24, 2.45) is 0 Å². The van der Waals surface area contributed by atoms with Gasteiger partial charge in [0.15, 0.2) is 0 Å². The number of fused-ring (bicyclic) bond motifs is 1. The second-order valence-electron chi connectivity index (χ2n) is 7.34. The molecule has 3 aromatic heterocycles. The molecule has 1 fully saturated rings. The molecule has 1 saturated heterocycles. The molecule has 2 atom stereocenters. The van der Waals surface area contributed by atoms with Gasteiger partial charge in [-0.2, -0.15) is 5.10 Å². The van der Waals surface area contributed by atoms with Gasteiger partial charge in [0.2, 0.25) is 0 Å². The minimum Gasteiger partial charge on any atom is -0.377 e. The molecule has 154 valence electrons. The summed E-state index contributed by atoms with van der Waals surface area (Å²) >= 11 is 0. The van der Waals surface area contributed by atoms with Crippen LogP contribution in [0.4, 0.5) is 0 Å². The van der Waals surface area contributed by atoms with Gasteiger partial charge in [-0.15, -0.1) is 0 Å². The van der Waals surface area contributed by atoms with Gasteiger partial charge < -0.3 is 10.1 Å². The Hall–Kier alpha value is -3.91. The number of amides is 1. The first kappa shape index (κ1) is 19.1. The lowest BCUT2D eigenvalue weighted by atomic mass is 10.1. The largest absolute Gasteiger partial charge is 0.377 e. The van der Waals surface area contributed by atoms with Crippen LogP contribution in [-0.2, 0) is 4.74 Å². The van der Waals surface area contributed by atoms with Crippen molar-refractivity contribution >= 4 is 16.8 Å². The van der Waals surface area contributed by atoms with Crippen LogP contribution in [0.1, 0.15) is 16.4 Å². The van der Waals surface area contributed by atoms with E-state index in [9.17, 15) is 9.59 Å². The molecule has 0 aliphatic carbocycles. The van der Waals surface area contributed by atoms with Gasteiger partial charge in [-0.05, 0) is 42.5 Å². The molecule has 4 aromatic rings. The third-order valence-corrected chi connectivity index (χ3v) is 5.33. The zero-order chi connectivity index (χ0) is 21.2. The maximum absolute atomic E-state index is 12.9. The maximum atomic E-state index is 12.9. The third kappa shape index (κ3) is 3.80. The highest BCUT2D eigenvalue weighted by atomic mass is 16.5. The van der Waals surface area contributed by atoms with Crippen LogP contribution >= 0.6 is 0 Å². The van der Waals surface area contributed by atoms with Gasteiger partial charge in [-0.25, -0.2) is 4.68 Å². The highest BCUT2D eigenvalue weighted by molar-refractivity contribution is 5.98. The van der Waals surface area contributed by atoms with Crippen LogP contribution in [0.15, 0.2) is 78.0 Å². The Bertz CT molecular complexity index is 1310. The lowest BCUT2D eigenvalue weighted by Crippen LogP contribution is -2.44. The fourth-order valence-corrected chi connectivity index (χ4v) is 3.72. The Labute approximate surface area is 177 Å². The van der Waals surface area contributed by atoms with Crippen molar-refractivity contribution in [2.75, 3.05) is 13.2 Å². The predicted octanol–water partition coefficient (Wildman–Crippen LogP) is 2.22. The van der Waals surface area contributed by atoms with E-state index in [1.807, 2.05) is 30.3 Å². The number of benzene rings is 1. The van der Waals surface area contributed by atoms with Crippen molar-refractivity contribution in [3.63, 3.8) is 0 Å². The molecule has 1 aromatic carbocycles. The summed E-state index contributed by atoms with van der Waals surface area (Å²) in [6.45, 7) is 0.590. The quantitative estimate of drug-likeness (QED) is 0.551. The number of rotatable bonds is 4. The van der Waals surface area contributed by atoms with Crippen molar-refractivity contribution in [2.45, 2.75) is 12.1 Å². The smallest absolute Gasteiger partial charge is 0.267 e. The SMILES string of the molecule is O=C(NC1COCC1n1nc(-c2cccnc2)ccc1=O)c1ccc2ncccc2c1. The van der Waals surface area contributed by atoms with Crippen LogP contribution in [0.3, 0.4) is 0 Å². The molecule has 2 unspecified atom stereocenters. The molecule has 0 saturated carbocycles. The number of carbonyl (C=O) groups excluding carboxylic acids is 1. The Morgan fingerprint density at radius 3 is 2.84 bits per heavy atom. The molecule has 31 heavy (non-hydrogen) atoms. The number of hydrogen-bond acceptors (Lipinski definition) is 6. The Kier molecular flexibility index (Phi) is 4.97. The molecule has 0 spiro atoms. The molecule has 4 heterocycles. The van der Waals surface area contributed by atoms with E-state index in [0.717, 1.165) is 16.5 Å². The predicted molar refractivity (Wildman–Crippen MR) is 115 cm³/mol. The summed E-state index contributed by atoms with van der Waals surface area (Å²) in [5.41, 5.74) is 2.53. The average Bonchev–Trinajstić information content (AvgIpc) is 3.27. The van der Waals surface area contributed by atoms with Gasteiger partial charge in [0, 0.05) is 41.2 Å². The lowest BCUT2D eigenvalue weighted by molar-refractivity contribution is 0.0925. The molecule has 0 bridgehead atoms. The molecule has 8 heteroatoms. The van der Waals surface area contributed by atoms with E-state index in [4.69, 9.17) is 4.74 Å². The van der Waals surface area contributed by atoms with E-state index < -0.39 is 6.04 Å². The van der Waals surface area contributed by atoms with Gasteiger partial charge in [-0.3, -0.25) is 19.6 Å². The number of nitrogens with one attached hydrogen (secondary N) is 1. The fourth-order valence-electron chi connectivity index (χ4n) is 3.72. The van der Waals surface area contributed by atoms with E-state index in [1.165, 1.54) is 10.7 Å². The summed E-state index contributed by atoms with van der Waals surface area (Å²) < 4.78 is 6.99. The van der Waals surface area contributed by atoms with Crippen molar-refractivity contribution in [3.8, 4) is 11.3 Å². The summed E-state index contributed by atoms with van der Waals surface area (Å²) in [6.07, 6.45) is 5.09. The monoisotopic (exact) mass is 413 g/mol.